The lowest BCUT2D eigenvalue weighted by Crippen LogP contribution is -2.39. The molecular formula is C9H8Cl2N4O4. The van der Waals surface area contributed by atoms with Gasteiger partial charge in [-0.1, -0.05) is 23.2 Å². The Morgan fingerprint density at radius 3 is 2.47 bits per heavy atom. The second-order valence-corrected chi connectivity index (χ2v) is 3.97. The van der Waals surface area contributed by atoms with Gasteiger partial charge in [-0.3, -0.25) is 14.4 Å². The zero-order chi connectivity index (χ0) is 14.4. The lowest BCUT2D eigenvalue weighted by molar-refractivity contribution is -0.137. The number of carboxylic acids is 1. The summed E-state index contributed by atoms with van der Waals surface area (Å²) in [6, 6.07) is 1.20. The van der Waals surface area contributed by atoms with E-state index in [1.165, 1.54) is 6.07 Å². The highest BCUT2D eigenvalue weighted by Gasteiger charge is 2.14. The standard InChI is InChI=1S/C9H8Cl2N4O4/c10-5-1-4(8(11)15-14-5)9(19)13-2-6(16)12-3-7(17)18/h1H,2-3H2,(H,12,16)(H,13,19)(H,17,18). The predicted octanol–water partition coefficient (Wildman–Crippen LogP) is -0.286. The fourth-order valence-electron chi connectivity index (χ4n) is 1.00. The molecule has 1 rings (SSSR count). The minimum absolute atomic E-state index is 0.0233. The Morgan fingerprint density at radius 1 is 1.16 bits per heavy atom. The summed E-state index contributed by atoms with van der Waals surface area (Å²) in [6.07, 6.45) is 0. The van der Waals surface area contributed by atoms with Gasteiger partial charge in [0.2, 0.25) is 5.91 Å². The first kappa shape index (κ1) is 15.1. The SMILES string of the molecule is O=C(O)CNC(=O)CNC(=O)c1cc(Cl)nnc1Cl. The number of hydrogen-bond acceptors (Lipinski definition) is 5. The molecule has 0 saturated carbocycles. The molecule has 0 aliphatic carbocycles. The van der Waals surface area contributed by atoms with Crippen molar-refractivity contribution in [1.82, 2.24) is 20.8 Å². The van der Waals surface area contributed by atoms with Crippen molar-refractivity contribution in [2.24, 2.45) is 0 Å². The summed E-state index contributed by atoms with van der Waals surface area (Å²) in [6.45, 7) is -0.930. The summed E-state index contributed by atoms with van der Waals surface area (Å²) in [7, 11) is 0. The smallest absolute Gasteiger partial charge is 0.322 e. The Labute approximate surface area is 117 Å². The van der Waals surface area contributed by atoms with Gasteiger partial charge in [-0.2, -0.15) is 0 Å². The first-order valence-electron chi connectivity index (χ1n) is 4.85. The van der Waals surface area contributed by atoms with Gasteiger partial charge < -0.3 is 15.7 Å². The highest BCUT2D eigenvalue weighted by molar-refractivity contribution is 6.34. The number of carboxylic acid groups (broad SMARTS) is 1. The number of carbonyl (C=O) groups excluding carboxylic acids is 2. The molecule has 102 valence electrons. The van der Waals surface area contributed by atoms with E-state index in [1.54, 1.807) is 0 Å². The molecule has 1 heterocycles. The van der Waals surface area contributed by atoms with E-state index in [-0.39, 0.29) is 15.9 Å². The fourth-order valence-corrected chi connectivity index (χ4v) is 1.33. The third-order valence-corrected chi connectivity index (χ3v) is 2.27. The highest BCUT2D eigenvalue weighted by atomic mass is 35.5. The monoisotopic (exact) mass is 306 g/mol. The van der Waals surface area contributed by atoms with Crippen molar-refractivity contribution in [1.29, 1.82) is 0 Å². The van der Waals surface area contributed by atoms with Crippen molar-refractivity contribution in [2.75, 3.05) is 13.1 Å². The lowest BCUT2D eigenvalue weighted by Gasteiger charge is -2.06. The molecule has 8 nitrogen and oxygen atoms in total. The third kappa shape index (κ3) is 5.06. The Hall–Kier alpha value is -1.93. The van der Waals surface area contributed by atoms with Gasteiger partial charge in [0.05, 0.1) is 12.1 Å². The minimum Gasteiger partial charge on any atom is -0.480 e. The fraction of sp³-hybridized carbons (Fsp3) is 0.222. The molecule has 0 radical (unpaired) electrons. The number of amides is 2. The minimum atomic E-state index is -1.19. The van der Waals surface area contributed by atoms with E-state index >= 15 is 0 Å². The molecule has 0 bridgehead atoms. The van der Waals surface area contributed by atoms with Gasteiger partial charge in [0.15, 0.2) is 10.3 Å². The van der Waals surface area contributed by atoms with Crippen molar-refractivity contribution in [3.63, 3.8) is 0 Å². The zero-order valence-corrected chi connectivity index (χ0v) is 10.8. The van der Waals surface area contributed by atoms with Crippen LogP contribution in [-0.4, -0.2) is 46.2 Å². The average molecular weight is 307 g/mol. The van der Waals surface area contributed by atoms with Crippen LogP contribution >= 0.6 is 23.2 Å². The molecular weight excluding hydrogens is 299 g/mol. The molecule has 19 heavy (non-hydrogen) atoms. The summed E-state index contributed by atoms with van der Waals surface area (Å²) in [5.74, 6) is -2.51. The van der Waals surface area contributed by atoms with Crippen molar-refractivity contribution >= 4 is 41.0 Å². The van der Waals surface area contributed by atoms with Crippen molar-refractivity contribution in [3.05, 3.63) is 21.9 Å². The van der Waals surface area contributed by atoms with Crippen LogP contribution in [0, 0.1) is 0 Å². The molecule has 0 aliphatic rings. The Kier molecular flexibility index (Phi) is 5.46. The van der Waals surface area contributed by atoms with E-state index in [0.717, 1.165) is 0 Å². The maximum atomic E-state index is 11.6. The van der Waals surface area contributed by atoms with Crippen LogP contribution < -0.4 is 10.6 Å². The van der Waals surface area contributed by atoms with Crippen molar-refractivity contribution in [3.8, 4) is 0 Å². The van der Waals surface area contributed by atoms with Crippen molar-refractivity contribution in [2.45, 2.75) is 0 Å². The normalized spacial score (nSPS) is 9.79. The molecule has 0 saturated heterocycles. The molecule has 0 aliphatic heterocycles. The number of aliphatic carboxylic acids is 1. The number of rotatable bonds is 5. The van der Waals surface area contributed by atoms with Crippen LogP contribution in [0.5, 0.6) is 0 Å². The van der Waals surface area contributed by atoms with Crippen LogP contribution in [-0.2, 0) is 9.59 Å². The van der Waals surface area contributed by atoms with Crippen LogP contribution in [0.15, 0.2) is 6.07 Å². The third-order valence-electron chi connectivity index (χ3n) is 1.81. The second kappa shape index (κ2) is 6.86. The molecule has 1 aromatic rings. The predicted molar refractivity (Wildman–Crippen MR) is 65.0 cm³/mol. The summed E-state index contributed by atoms with van der Waals surface area (Å²) in [4.78, 5) is 33.0. The number of nitrogens with zero attached hydrogens (tertiary/aromatic N) is 2. The number of nitrogens with one attached hydrogen (secondary N) is 2. The topological polar surface area (TPSA) is 121 Å². The van der Waals surface area contributed by atoms with Crippen LogP contribution in [0.1, 0.15) is 10.4 Å². The molecule has 1 aromatic heterocycles. The molecule has 3 N–H and O–H groups in total. The number of aromatic nitrogens is 2. The van der Waals surface area contributed by atoms with Gasteiger partial charge in [0.25, 0.3) is 5.91 Å². The molecule has 10 heteroatoms. The van der Waals surface area contributed by atoms with Crippen LogP contribution in [0.3, 0.4) is 0 Å². The Morgan fingerprint density at radius 2 is 1.84 bits per heavy atom. The molecule has 0 spiro atoms. The van der Waals surface area contributed by atoms with Crippen LogP contribution in [0.25, 0.3) is 0 Å². The first-order valence-corrected chi connectivity index (χ1v) is 5.61. The quantitative estimate of drug-likeness (QED) is 0.687. The lowest BCUT2D eigenvalue weighted by atomic mass is 10.3. The second-order valence-electron chi connectivity index (χ2n) is 3.22. The van der Waals surface area contributed by atoms with Crippen LogP contribution in [0.4, 0.5) is 0 Å². The molecule has 0 unspecified atom stereocenters. The van der Waals surface area contributed by atoms with E-state index in [0.29, 0.717) is 0 Å². The molecule has 0 aromatic carbocycles. The van der Waals surface area contributed by atoms with Crippen molar-refractivity contribution < 1.29 is 19.5 Å². The summed E-state index contributed by atoms with van der Waals surface area (Å²) in [5, 5.41) is 19.3. The van der Waals surface area contributed by atoms with E-state index < -0.39 is 30.9 Å². The zero-order valence-electron chi connectivity index (χ0n) is 9.31. The molecule has 2 amide bonds. The Bertz CT molecular complexity index is 523. The largest absolute Gasteiger partial charge is 0.480 e. The molecule has 0 atom stereocenters. The van der Waals surface area contributed by atoms with E-state index in [2.05, 4.69) is 20.8 Å². The maximum absolute atomic E-state index is 11.6. The summed E-state index contributed by atoms with van der Waals surface area (Å²) >= 11 is 11.2. The van der Waals surface area contributed by atoms with Gasteiger partial charge in [0, 0.05) is 0 Å². The number of halogens is 2. The maximum Gasteiger partial charge on any atom is 0.322 e. The van der Waals surface area contributed by atoms with E-state index in [9.17, 15) is 14.4 Å². The van der Waals surface area contributed by atoms with Gasteiger partial charge in [0.1, 0.15) is 6.54 Å². The van der Waals surface area contributed by atoms with Crippen LogP contribution in [0.2, 0.25) is 10.3 Å². The van der Waals surface area contributed by atoms with E-state index in [1.807, 2.05) is 0 Å². The van der Waals surface area contributed by atoms with Gasteiger partial charge in [-0.25, -0.2) is 0 Å². The van der Waals surface area contributed by atoms with Gasteiger partial charge >= 0.3 is 5.97 Å². The van der Waals surface area contributed by atoms with E-state index in [4.69, 9.17) is 28.3 Å². The van der Waals surface area contributed by atoms with Gasteiger partial charge in [-0.05, 0) is 6.07 Å². The summed E-state index contributed by atoms with van der Waals surface area (Å²) in [5.41, 5.74) is -0.0345. The Balaban J connectivity index is 2.53. The molecule has 0 fully saturated rings. The summed E-state index contributed by atoms with van der Waals surface area (Å²) < 4.78 is 0. The average Bonchev–Trinajstić information content (AvgIpc) is 2.36. The highest BCUT2D eigenvalue weighted by Crippen LogP contribution is 2.14. The van der Waals surface area contributed by atoms with Gasteiger partial charge in [-0.15, -0.1) is 10.2 Å². The number of carbonyl (C=O) groups is 3. The first-order chi connectivity index (χ1) is 8.90. The number of hydrogen-bond donors (Lipinski definition) is 3.